The first-order chi connectivity index (χ1) is 11.6. The van der Waals surface area contributed by atoms with Gasteiger partial charge in [-0.25, -0.2) is 4.68 Å². The number of nitrogens with one attached hydrogen (secondary N) is 1. The van der Waals surface area contributed by atoms with E-state index in [1.165, 1.54) is 16.8 Å². The van der Waals surface area contributed by atoms with E-state index in [-0.39, 0.29) is 23.2 Å². The van der Waals surface area contributed by atoms with Crippen LogP contribution in [0.15, 0.2) is 41.2 Å². The highest BCUT2D eigenvalue weighted by Crippen LogP contribution is 2.26. The summed E-state index contributed by atoms with van der Waals surface area (Å²) in [6.07, 6.45) is 1.48. The van der Waals surface area contributed by atoms with E-state index in [0.717, 1.165) is 17.7 Å². The molecule has 1 heterocycles. The Morgan fingerprint density at radius 2 is 2.00 bits per heavy atom. The van der Waals surface area contributed by atoms with Crippen LogP contribution >= 0.6 is 0 Å². The standard InChI is InChI=1S/C18H23N3O3/c1-4-12-21-17(22)11-10-15(20-21)18(23)19-14(5-2)13-8-6-7-9-16(13)24-3/h6-11,14H,4-5,12H2,1-3H3,(H,19,23)/t14-/m0/s1. The van der Waals surface area contributed by atoms with E-state index in [1.807, 2.05) is 38.1 Å². The van der Waals surface area contributed by atoms with Crippen LogP contribution in [0.25, 0.3) is 0 Å². The Kier molecular flexibility index (Phi) is 6.12. The molecule has 24 heavy (non-hydrogen) atoms. The zero-order chi connectivity index (χ0) is 17.5. The molecule has 0 saturated heterocycles. The van der Waals surface area contributed by atoms with Crippen molar-refractivity contribution in [2.75, 3.05) is 7.11 Å². The van der Waals surface area contributed by atoms with E-state index in [9.17, 15) is 9.59 Å². The molecule has 0 unspecified atom stereocenters. The summed E-state index contributed by atoms with van der Waals surface area (Å²) in [5.74, 6) is 0.422. The molecule has 1 aromatic carbocycles. The largest absolute Gasteiger partial charge is 0.496 e. The molecule has 0 bridgehead atoms. The second-order valence-corrected chi connectivity index (χ2v) is 5.46. The number of ether oxygens (including phenoxy) is 1. The molecular formula is C18H23N3O3. The molecule has 0 aliphatic carbocycles. The van der Waals surface area contributed by atoms with Gasteiger partial charge in [-0.1, -0.05) is 32.0 Å². The van der Waals surface area contributed by atoms with Crippen LogP contribution in [-0.2, 0) is 6.54 Å². The molecule has 6 heteroatoms. The first kappa shape index (κ1) is 17.7. The minimum atomic E-state index is -0.308. The van der Waals surface area contributed by atoms with Crippen LogP contribution in [0.2, 0.25) is 0 Å². The predicted octanol–water partition coefficient (Wildman–Crippen LogP) is 2.54. The number of nitrogens with zero attached hydrogens (tertiary/aromatic N) is 2. The van der Waals surface area contributed by atoms with E-state index >= 15 is 0 Å². The summed E-state index contributed by atoms with van der Waals surface area (Å²) < 4.78 is 6.69. The highest BCUT2D eigenvalue weighted by atomic mass is 16.5. The van der Waals surface area contributed by atoms with Gasteiger partial charge in [-0.2, -0.15) is 5.10 Å². The molecule has 0 aliphatic heterocycles. The molecule has 1 N–H and O–H groups in total. The number of hydrogen-bond acceptors (Lipinski definition) is 4. The van der Waals surface area contributed by atoms with Crippen molar-refractivity contribution < 1.29 is 9.53 Å². The lowest BCUT2D eigenvalue weighted by Crippen LogP contribution is -2.32. The minimum absolute atomic E-state index is 0.193. The predicted molar refractivity (Wildman–Crippen MR) is 92.3 cm³/mol. The summed E-state index contributed by atoms with van der Waals surface area (Å²) in [6.45, 7) is 4.43. The molecule has 0 fully saturated rings. The van der Waals surface area contributed by atoms with E-state index in [1.54, 1.807) is 7.11 Å². The van der Waals surface area contributed by atoms with Gasteiger partial charge in [0.1, 0.15) is 11.4 Å². The minimum Gasteiger partial charge on any atom is -0.496 e. The Morgan fingerprint density at radius 3 is 2.67 bits per heavy atom. The van der Waals surface area contributed by atoms with E-state index in [2.05, 4.69) is 10.4 Å². The number of aromatic nitrogens is 2. The number of methoxy groups -OCH3 is 1. The SMILES string of the molecule is CCCn1nc(C(=O)N[C@@H](CC)c2ccccc2OC)ccc1=O. The van der Waals surface area contributed by atoms with Crippen molar-refractivity contribution in [2.45, 2.75) is 39.3 Å². The van der Waals surface area contributed by atoms with Crippen molar-refractivity contribution >= 4 is 5.91 Å². The van der Waals surface area contributed by atoms with E-state index in [4.69, 9.17) is 4.74 Å². The van der Waals surface area contributed by atoms with Crippen LogP contribution in [0, 0.1) is 0 Å². The molecule has 2 aromatic rings. The fourth-order valence-electron chi connectivity index (χ4n) is 2.53. The molecule has 1 aromatic heterocycles. The Labute approximate surface area is 141 Å². The summed E-state index contributed by atoms with van der Waals surface area (Å²) in [6, 6.07) is 10.2. The third-order valence-corrected chi connectivity index (χ3v) is 3.76. The van der Waals surface area contributed by atoms with Gasteiger partial charge in [0, 0.05) is 18.2 Å². The lowest BCUT2D eigenvalue weighted by Gasteiger charge is -2.19. The highest BCUT2D eigenvalue weighted by Gasteiger charge is 2.18. The fraction of sp³-hybridized carbons (Fsp3) is 0.389. The zero-order valence-electron chi connectivity index (χ0n) is 14.3. The summed E-state index contributed by atoms with van der Waals surface area (Å²) in [7, 11) is 1.61. The summed E-state index contributed by atoms with van der Waals surface area (Å²) in [4.78, 5) is 24.2. The van der Waals surface area contributed by atoms with Crippen molar-refractivity contribution in [3.63, 3.8) is 0 Å². The van der Waals surface area contributed by atoms with Crippen molar-refractivity contribution in [3.05, 3.63) is 58.0 Å². The van der Waals surface area contributed by atoms with Gasteiger partial charge in [-0.05, 0) is 25.0 Å². The van der Waals surface area contributed by atoms with Gasteiger partial charge in [-0.15, -0.1) is 0 Å². The first-order valence-electron chi connectivity index (χ1n) is 8.12. The average Bonchev–Trinajstić information content (AvgIpc) is 2.61. The van der Waals surface area contributed by atoms with E-state index in [0.29, 0.717) is 13.0 Å². The third-order valence-electron chi connectivity index (χ3n) is 3.76. The molecule has 0 saturated carbocycles. The lowest BCUT2D eigenvalue weighted by atomic mass is 10.0. The van der Waals surface area contributed by atoms with Crippen molar-refractivity contribution in [3.8, 4) is 5.75 Å². The van der Waals surface area contributed by atoms with Crippen LogP contribution in [0.5, 0.6) is 5.75 Å². The summed E-state index contributed by atoms with van der Waals surface area (Å²) in [5, 5.41) is 7.11. The fourth-order valence-corrected chi connectivity index (χ4v) is 2.53. The molecule has 2 rings (SSSR count). The number of amides is 1. The van der Waals surface area contributed by atoms with Gasteiger partial charge in [-0.3, -0.25) is 9.59 Å². The Bertz CT molecular complexity index is 755. The second kappa shape index (κ2) is 8.29. The van der Waals surface area contributed by atoms with Crippen molar-refractivity contribution in [1.29, 1.82) is 0 Å². The topological polar surface area (TPSA) is 73.2 Å². The normalized spacial score (nSPS) is 11.8. The van der Waals surface area contributed by atoms with Gasteiger partial charge < -0.3 is 10.1 Å². The Hall–Kier alpha value is -2.63. The van der Waals surface area contributed by atoms with Crippen LogP contribution in [-0.4, -0.2) is 22.8 Å². The maximum atomic E-state index is 12.5. The number of benzene rings is 1. The second-order valence-electron chi connectivity index (χ2n) is 5.46. The van der Waals surface area contributed by atoms with Gasteiger partial charge in [0.15, 0.2) is 0 Å². The lowest BCUT2D eigenvalue weighted by molar-refractivity contribution is 0.0927. The van der Waals surface area contributed by atoms with Crippen LogP contribution in [0.4, 0.5) is 0 Å². The smallest absolute Gasteiger partial charge is 0.272 e. The zero-order valence-corrected chi connectivity index (χ0v) is 14.3. The monoisotopic (exact) mass is 329 g/mol. The number of hydrogen-bond donors (Lipinski definition) is 1. The molecule has 0 aliphatic rings. The Morgan fingerprint density at radius 1 is 1.25 bits per heavy atom. The third kappa shape index (κ3) is 4.01. The molecule has 128 valence electrons. The van der Waals surface area contributed by atoms with Gasteiger partial charge in [0.05, 0.1) is 13.2 Å². The molecule has 0 radical (unpaired) electrons. The van der Waals surface area contributed by atoms with Crippen LogP contribution < -0.4 is 15.6 Å². The number of aryl methyl sites for hydroxylation is 1. The molecule has 6 nitrogen and oxygen atoms in total. The van der Waals surface area contributed by atoms with E-state index < -0.39 is 0 Å². The first-order valence-corrected chi connectivity index (χ1v) is 8.12. The average molecular weight is 329 g/mol. The van der Waals surface area contributed by atoms with Crippen molar-refractivity contribution in [2.24, 2.45) is 0 Å². The summed E-state index contributed by atoms with van der Waals surface area (Å²) >= 11 is 0. The van der Waals surface area contributed by atoms with Gasteiger partial charge in [0.2, 0.25) is 0 Å². The van der Waals surface area contributed by atoms with Crippen molar-refractivity contribution in [1.82, 2.24) is 15.1 Å². The molecule has 1 atom stereocenters. The van der Waals surface area contributed by atoms with Gasteiger partial charge >= 0.3 is 0 Å². The number of carbonyl (C=O) groups excluding carboxylic acids is 1. The highest BCUT2D eigenvalue weighted by molar-refractivity contribution is 5.92. The molecule has 1 amide bonds. The number of para-hydroxylation sites is 1. The van der Waals surface area contributed by atoms with Crippen LogP contribution in [0.3, 0.4) is 0 Å². The number of rotatable bonds is 7. The van der Waals surface area contributed by atoms with Gasteiger partial charge in [0.25, 0.3) is 11.5 Å². The Balaban J connectivity index is 2.23. The maximum Gasteiger partial charge on any atom is 0.272 e. The summed E-state index contributed by atoms with van der Waals surface area (Å²) in [5.41, 5.74) is 0.944. The quantitative estimate of drug-likeness (QED) is 0.847. The molecule has 0 spiro atoms. The number of carbonyl (C=O) groups is 1. The molecular weight excluding hydrogens is 306 g/mol. The maximum absolute atomic E-state index is 12.5. The van der Waals surface area contributed by atoms with Crippen LogP contribution in [0.1, 0.15) is 48.8 Å².